The molecule has 0 aromatic carbocycles. The van der Waals surface area contributed by atoms with Gasteiger partial charge in [0.2, 0.25) is 0 Å². The molecule has 14 heavy (non-hydrogen) atoms. The highest BCUT2D eigenvalue weighted by molar-refractivity contribution is 14.1. The maximum atomic E-state index is 12.5. The molecule has 74 valence electrons. The van der Waals surface area contributed by atoms with Gasteiger partial charge in [-0.2, -0.15) is 5.26 Å². The molecule has 0 aliphatic rings. The minimum atomic E-state index is -2.60. The summed E-state index contributed by atoms with van der Waals surface area (Å²) in [4.78, 5) is 3.79. The van der Waals surface area contributed by atoms with Gasteiger partial charge in [0, 0.05) is 11.8 Å². The maximum absolute atomic E-state index is 12.5. The van der Waals surface area contributed by atoms with Gasteiger partial charge in [0.05, 0.1) is 17.0 Å². The van der Waals surface area contributed by atoms with Crippen molar-refractivity contribution in [3.05, 3.63) is 25.5 Å². The summed E-state index contributed by atoms with van der Waals surface area (Å²) < 4.78 is 26.0. The normalized spacial score (nSPS) is 10.3. The summed E-state index contributed by atoms with van der Waals surface area (Å²) in [5.41, 5.74) is 0.140. The number of halogens is 4. The summed E-state index contributed by atoms with van der Waals surface area (Å²) in [5, 5.41) is 8.50. The molecule has 2 nitrogen and oxygen atoms in total. The first-order valence-electron chi connectivity index (χ1n) is 3.55. The standard InChI is InChI=1S/C8H4BrF2IN2/c9-6-4(1-2-13)5(7(10)11)3-14-8(6)12/h3,7H,1H2. The molecule has 0 atom stereocenters. The van der Waals surface area contributed by atoms with E-state index in [0.29, 0.717) is 13.7 Å². The molecule has 0 radical (unpaired) electrons. The Kier molecular flexibility index (Phi) is 4.19. The number of hydrogen-bond acceptors (Lipinski definition) is 2. The third-order valence-electron chi connectivity index (χ3n) is 1.60. The van der Waals surface area contributed by atoms with Crippen molar-refractivity contribution in [3.8, 4) is 6.07 Å². The van der Waals surface area contributed by atoms with E-state index < -0.39 is 6.43 Å². The third-order valence-corrected chi connectivity index (χ3v) is 4.02. The highest BCUT2D eigenvalue weighted by atomic mass is 127. The Morgan fingerprint density at radius 2 is 2.29 bits per heavy atom. The summed E-state index contributed by atoms with van der Waals surface area (Å²) in [6.07, 6.45) is -1.53. The van der Waals surface area contributed by atoms with Crippen LogP contribution in [0.5, 0.6) is 0 Å². The van der Waals surface area contributed by atoms with Crippen molar-refractivity contribution >= 4 is 38.5 Å². The summed E-state index contributed by atoms with van der Waals surface area (Å²) in [7, 11) is 0. The van der Waals surface area contributed by atoms with E-state index in [0.717, 1.165) is 6.20 Å². The van der Waals surface area contributed by atoms with Crippen LogP contribution in [0.25, 0.3) is 0 Å². The molecule has 0 aliphatic heterocycles. The Labute approximate surface area is 102 Å². The first-order chi connectivity index (χ1) is 6.57. The average Bonchev–Trinajstić information content (AvgIpc) is 2.13. The number of hydrogen-bond donors (Lipinski definition) is 0. The number of aromatic nitrogens is 1. The summed E-state index contributed by atoms with van der Waals surface area (Å²) in [5.74, 6) is 0. The second-order valence-electron chi connectivity index (χ2n) is 2.43. The molecule has 0 fully saturated rings. The summed E-state index contributed by atoms with van der Waals surface area (Å²) >= 11 is 5.06. The lowest BCUT2D eigenvalue weighted by Crippen LogP contribution is -1.99. The summed E-state index contributed by atoms with van der Waals surface area (Å²) in [6.45, 7) is 0. The van der Waals surface area contributed by atoms with Gasteiger partial charge >= 0.3 is 0 Å². The fourth-order valence-electron chi connectivity index (χ4n) is 0.959. The first-order valence-corrected chi connectivity index (χ1v) is 5.43. The Hall–Kier alpha value is -0.290. The van der Waals surface area contributed by atoms with Crippen molar-refractivity contribution < 1.29 is 8.78 Å². The van der Waals surface area contributed by atoms with Crippen LogP contribution in [0.15, 0.2) is 10.7 Å². The Balaban J connectivity index is 3.31. The molecule has 0 saturated heterocycles. The molecular formula is C8H4BrF2IN2. The molecule has 0 saturated carbocycles. The quantitative estimate of drug-likeness (QED) is 0.589. The van der Waals surface area contributed by atoms with E-state index in [1.165, 1.54) is 0 Å². The van der Waals surface area contributed by atoms with Crippen LogP contribution in [0, 0.1) is 15.0 Å². The van der Waals surface area contributed by atoms with Gasteiger partial charge in [-0.1, -0.05) is 0 Å². The minimum Gasteiger partial charge on any atom is -0.249 e. The fraction of sp³-hybridized carbons (Fsp3) is 0.250. The molecule has 0 unspecified atom stereocenters. The van der Waals surface area contributed by atoms with Crippen LogP contribution in [0.1, 0.15) is 17.6 Å². The van der Waals surface area contributed by atoms with E-state index >= 15 is 0 Å². The van der Waals surface area contributed by atoms with Crippen LogP contribution < -0.4 is 0 Å². The van der Waals surface area contributed by atoms with Crippen molar-refractivity contribution in [1.82, 2.24) is 4.98 Å². The van der Waals surface area contributed by atoms with Crippen LogP contribution >= 0.6 is 38.5 Å². The molecule has 0 aliphatic carbocycles. The lowest BCUT2D eigenvalue weighted by atomic mass is 10.1. The van der Waals surface area contributed by atoms with E-state index in [1.54, 1.807) is 0 Å². The topological polar surface area (TPSA) is 36.7 Å². The van der Waals surface area contributed by atoms with Gasteiger partial charge in [-0.25, -0.2) is 13.8 Å². The lowest BCUT2D eigenvalue weighted by molar-refractivity contribution is 0.150. The number of alkyl halides is 2. The average molecular weight is 373 g/mol. The zero-order chi connectivity index (χ0) is 10.7. The highest BCUT2D eigenvalue weighted by Crippen LogP contribution is 2.30. The maximum Gasteiger partial charge on any atom is 0.265 e. The SMILES string of the molecule is N#CCc1c(C(F)F)cnc(I)c1Br. The molecule has 0 bridgehead atoms. The van der Waals surface area contributed by atoms with Gasteiger partial charge in [-0.05, 0) is 44.1 Å². The van der Waals surface area contributed by atoms with Crippen molar-refractivity contribution in [1.29, 1.82) is 5.26 Å². The predicted molar refractivity (Wildman–Crippen MR) is 58.9 cm³/mol. The largest absolute Gasteiger partial charge is 0.265 e. The first kappa shape index (κ1) is 11.8. The number of pyridine rings is 1. The Bertz CT molecular complexity index is 390. The third kappa shape index (κ3) is 2.39. The van der Waals surface area contributed by atoms with E-state index in [4.69, 9.17) is 5.26 Å². The number of rotatable bonds is 2. The smallest absolute Gasteiger partial charge is 0.249 e. The van der Waals surface area contributed by atoms with Crippen LogP contribution in [-0.4, -0.2) is 4.98 Å². The molecule has 1 rings (SSSR count). The molecule has 0 spiro atoms. The molecule has 1 heterocycles. The summed E-state index contributed by atoms with van der Waals surface area (Å²) in [6, 6.07) is 1.85. The zero-order valence-corrected chi connectivity index (χ0v) is 10.5. The molecular weight excluding hydrogens is 369 g/mol. The van der Waals surface area contributed by atoms with E-state index in [-0.39, 0.29) is 12.0 Å². The molecule has 0 amide bonds. The van der Waals surface area contributed by atoms with Gasteiger partial charge in [0.25, 0.3) is 6.43 Å². The minimum absolute atomic E-state index is 0.0429. The van der Waals surface area contributed by atoms with Crippen molar-refractivity contribution in [2.24, 2.45) is 0 Å². The number of nitrogens with zero attached hydrogens (tertiary/aromatic N) is 2. The van der Waals surface area contributed by atoms with Gasteiger partial charge < -0.3 is 0 Å². The van der Waals surface area contributed by atoms with E-state index in [9.17, 15) is 8.78 Å². The van der Waals surface area contributed by atoms with Crippen LogP contribution in [0.4, 0.5) is 8.78 Å². The van der Waals surface area contributed by atoms with Crippen LogP contribution in [0.3, 0.4) is 0 Å². The van der Waals surface area contributed by atoms with Crippen molar-refractivity contribution in [2.75, 3.05) is 0 Å². The van der Waals surface area contributed by atoms with Gasteiger partial charge in [-0.3, -0.25) is 0 Å². The van der Waals surface area contributed by atoms with E-state index in [2.05, 4.69) is 20.9 Å². The Morgan fingerprint density at radius 3 is 2.79 bits per heavy atom. The zero-order valence-electron chi connectivity index (χ0n) is 6.77. The Morgan fingerprint density at radius 1 is 1.64 bits per heavy atom. The second-order valence-corrected chi connectivity index (χ2v) is 4.25. The van der Waals surface area contributed by atoms with Crippen molar-refractivity contribution in [2.45, 2.75) is 12.8 Å². The molecule has 1 aromatic rings. The molecule has 0 N–H and O–H groups in total. The second kappa shape index (κ2) is 4.98. The molecule has 6 heteroatoms. The molecule has 1 aromatic heterocycles. The van der Waals surface area contributed by atoms with E-state index in [1.807, 2.05) is 28.7 Å². The van der Waals surface area contributed by atoms with Crippen LogP contribution in [-0.2, 0) is 6.42 Å². The van der Waals surface area contributed by atoms with Gasteiger partial charge in [0.1, 0.15) is 3.70 Å². The lowest BCUT2D eigenvalue weighted by Gasteiger charge is -2.08. The monoisotopic (exact) mass is 372 g/mol. The van der Waals surface area contributed by atoms with Gasteiger partial charge in [0.15, 0.2) is 0 Å². The van der Waals surface area contributed by atoms with Crippen molar-refractivity contribution in [3.63, 3.8) is 0 Å². The van der Waals surface area contributed by atoms with Crippen LogP contribution in [0.2, 0.25) is 0 Å². The number of nitriles is 1. The highest BCUT2D eigenvalue weighted by Gasteiger charge is 2.17. The predicted octanol–water partition coefficient (Wildman–Crippen LogP) is 3.45. The van der Waals surface area contributed by atoms with Gasteiger partial charge in [-0.15, -0.1) is 0 Å². The fourth-order valence-corrected chi connectivity index (χ4v) is 1.90.